The van der Waals surface area contributed by atoms with E-state index in [-0.39, 0.29) is 22.1 Å². The second-order valence-corrected chi connectivity index (χ2v) is 7.69. The minimum Gasteiger partial charge on any atom is -0.480 e. The van der Waals surface area contributed by atoms with Crippen molar-refractivity contribution in [1.82, 2.24) is 9.88 Å². The minimum absolute atomic E-state index is 0.0521. The number of carbonyl (C=O) groups excluding carboxylic acids is 1. The van der Waals surface area contributed by atoms with Crippen LogP contribution in [0.5, 0.6) is 0 Å². The first kappa shape index (κ1) is 18.3. The Kier molecular flexibility index (Phi) is 5.14. The Morgan fingerprint density at radius 1 is 1.32 bits per heavy atom. The summed E-state index contributed by atoms with van der Waals surface area (Å²) in [6, 6.07) is -1.55. The zero-order chi connectivity index (χ0) is 17.3. The fourth-order valence-electron chi connectivity index (χ4n) is 1.78. The molecule has 124 valence electrons. The summed E-state index contributed by atoms with van der Waals surface area (Å²) < 4.78 is 31.4. The fraction of sp³-hybridized carbons (Fsp3) is 0.615. The zero-order valence-corrected chi connectivity index (χ0v) is 13.9. The van der Waals surface area contributed by atoms with Gasteiger partial charge in [-0.15, -0.1) is 0 Å². The standard InChI is InChI=1S/C13H20N2O6S/c1-7-11(8(2)21-14-7)22(19,20)15-9(12(17)18)6-10(16)13(3,4)5/h9,15H,6H2,1-5H3,(H,17,18). The lowest BCUT2D eigenvalue weighted by atomic mass is 9.87. The lowest BCUT2D eigenvalue weighted by Gasteiger charge is -2.20. The van der Waals surface area contributed by atoms with Crippen molar-refractivity contribution in [3.63, 3.8) is 0 Å². The van der Waals surface area contributed by atoms with Crippen LogP contribution in [0.15, 0.2) is 9.42 Å². The molecule has 8 nitrogen and oxygen atoms in total. The monoisotopic (exact) mass is 332 g/mol. The van der Waals surface area contributed by atoms with E-state index in [1.165, 1.54) is 13.8 Å². The Balaban J connectivity index is 3.06. The number of rotatable bonds is 6. The normalized spacial score (nSPS) is 13.9. The summed E-state index contributed by atoms with van der Waals surface area (Å²) in [6.45, 7) is 7.75. The van der Waals surface area contributed by atoms with E-state index in [1.807, 2.05) is 4.72 Å². The predicted octanol–water partition coefficient (Wildman–Crippen LogP) is 1.03. The first-order chi connectivity index (χ1) is 9.86. The molecule has 0 aromatic carbocycles. The molecule has 1 aromatic rings. The van der Waals surface area contributed by atoms with Crippen molar-refractivity contribution in [2.75, 3.05) is 0 Å². The summed E-state index contributed by atoms with van der Waals surface area (Å²) in [5.74, 6) is -1.73. The molecule has 0 spiro atoms. The summed E-state index contributed by atoms with van der Waals surface area (Å²) in [7, 11) is -4.15. The summed E-state index contributed by atoms with van der Waals surface area (Å²) in [5, 5.41) is 12.7. The topological polar surface area (TPSA) is 127 Å². The third-order valence-corrected chi connectivity index (χ3v) is 4.77. The van der Waals surface area contributed by atoms with Crippen molar-refractivity contribution in [3.8, 4) is 0 Å². The molecular formula is C13H20N2O6S. The molecular weight excluding hydrogens is 312 g/mol. The molecule has 0 radical (unpaired) electrons. The number of hydrogen-bond acceptors (Lipinski definition) is 6. The van der Waals surface area contributed by atoms with Gasteiger partial charge in [-0.2, -0.15) is 4.72 Å². The highest BCUT2D eigenvalue weighted by Gasteiger charge is 2.33. The van der Waals surface area contributed by atoms with Gasteiger partial charge in [0.25, 0.3) is 0 Å². The van der Waals surface area contributed by atoms with Gasteiger partial charge in [-0.05, 0) is 13.8 Å². The maximum atomic E-state index is 12.3. The number of carboxylic acids is 1. The number of aliphatic carboxylic acids is 1. The van der Waals surface area contributed by atoms with E-state index in [4.69, 9.17) is 9.63 Å². The second-order valence-electron chi connectivity index (χ2n) is 6.04. The Labute approximate surface area is 128 Å². The molecule has 0 amide bonds. The highest BCUT2D eigenvalue weighted by molar-refractivity contribution is 7.89. The number of sulfonamides is 1. The van der Waals surface area contributed by atoms with Crippen molar-refractivity contribution in [3.05, 3.63) is 11.5 Å². The smallest absolute Gasteiger partial charge is 0.322 e. The number of aryl methyl sites for hydroxylation is 2. The molecule has 0 bridgehead atoms. The summed E-state index contributed by atoms with van der Waals surface area (Å²) in [4.78, 5) is 23.0. The molecule has 1 aromatic heterocycles. The molecule has 1 heterocycles. The quantitative estimate of drug-likeness (QED) is 0.796. The molecule has 0 saturated heterocycles. The van der Waals surface area contributed by atoms with Crippen LogP contribution in [0.4, 0.5) is 0 Å². The molecule has 0 aliphatic rings. The summed E-state index contributed by atoms with van der Waals surface area (Å²) in [5.41, 5.74) is -0.640. The number of carbonyl (C=O) groups is 2. The van der Waals surface area contributed by atoms with Crippen LogP contribution in [0.25, 0.3) is 0 Å². The van der Waals surface area contributed by atoms with Crippen LogP contribution < -0.4 is 4.72 Å². The number of carboxylic acid groups (broad SMARTS) is 1. The molecule has 1 rings (SSSR count). The minimum atomic E-state index is -4.15. The van der Waals surface area contributed by atoms with Gasteiger partial charge in [-0.25, -0.2) is 8.42 Å². The second kappa shape index (κ2) is 6.17. The molecule has 0 aliphatic carbocycles. The number of nitrogens with one attached hydrogen (secondary N) is 1. The van der Waals surface area contributed by atoms with Crippen LogP contribution in [-0.4, -0.2) is 36.5 Å². The fourth-order valence-corrected chi connectivity index (χ4v) is 3.29. The average Bonchev–Trinajstić information content (AvgIpc) is 2.66. The van der Waals surface area contributed by atoms with Crippen LogP contribution in [0.2, 0.25) is 0 Å². The van der Waals surface area contributed by atoms with Crippen molar-refractivity contribution in [1.29, 1.82) is 0 Å². The Morgan fingerprint density at radius 2 is 1.86 bits per heavy atom. The predicted molar refractivity (Wildman–Crippen MR) is 76.8 cm³/mol. The summed E-state index contributed by atoms with van der Waals surface area (Å²) >= 11 is 0. The van der Waals surface area contributed by atoms with Crippen molar-refractivity contribution in [2.45, 2.75) is 52.0 Å². The van der Waals surface area contributed by atoms with Gasteiger partial charge in [0.05, 0.1) is 0 Å². The van der Waals surface area contributed by atoms with Gasteiger partial charge in [0, 0.05) is 11.8 Å². The number of nitrogens with zero attached hydrogens (tertiary/aromatic N) is 1. The van der Waals surface area contributed by atoms with Crippen molar-refractivity contribution < 1.29 is 27.6 Å². The molecule has 1 unspecified atom stereocenters. The van der Waals surface area contributed by atoms with E-state index >= 15 is 0 Å². The Hall–Kier alpha value is -1.74. The largest absolute Gasteiger partial charge is 0.480 e. The molecule has 1 atom stereocenters. The van der Waals surface area contributed by atoms with Crippen LogP contribution in [0, 0.1) is 19.3 Å². The molecule has 0 saturated carbocycles. The van der Waals surface area contributed by atoms with Crippen LogP contribution in [-0.2, 0) is 19.6 Å². The zero-order valence-electron chi connectivity index (χ0n) is 13.1. The van der Waals surface area contributed by atoms with Gasteiger partial charge in [0.1, 0.15) is 22.4 Å². The first-order valence-corrected chi connectivity index (χ1v) is 8.06. The van der Waals surface area contributed by atoms with Crippen LogP contribution in [0.3, 0.4) is 0 Å². The number of ketones is 1. The molecule has 2 N–H and O–H groups in total. The number of aromatic nitrogens is 1. The van der Waals surface area contributed by atoms with E-state index < -0.39 is 33.9 Å². The maximum Gasteiger partial charge on any atom is 0.322 e. The third-order valence-electron chi connectivity index (χ3n) is 3.06. The highest BCUT2D eigenvalue weighted by Crippen LogP contribution is 2.21. The van der Waals surface area contributed by atoms with Gasteiger partial charge in [-0.3, -0.25) is 9.59 Å². The van der Waals surface area contributed by atoms with Gasteiger partial charge >= 0.3 is 5.97 Å². The molecule has 0 fully saturated rings. The molecule has 22 heavy (non-hydrogen) atoms. The first-order valence-electron chi connectivity index (χ1n) is 6.57. The average molecular weight is 332 g/mol. The number of Topliss-reactive ketones (excluding diaryl/α,β-unsaturated/α-hetero) is 1. The van der Waals surface area contributed by atoms with Crippen molar-refractivity contribution >= 4 is 21.8 Å². The van der Waals surface area contributed by atoms with Crippen molar-refractivity contribution in [2.24, 2.45) is 5.41 Å². The van der Waals surface area contributed by atoms with E-state index in [0.717, 1.165) is 0 Å². The van der Waals surface area contributed by atoms with Gasteiger partial charge in [-0.1, -0.05) is 25.9 Å². The van der Waals surface area contributed by atoms with E-state index in [2.05, 4.69) is 5.16 Å². The lowest BCUT2D eigenvalue weighted by molar-refractivity contribution is -0.141. The Morgan fingerprint density at radius 3 is 2.23 bits per heavy atom. The highest BCUT2D eigenvalue weighted by atomic mass is 32.2. The maximum absolute atomic E-state index is 12.3. The van der Waals surface area contributed by atoms with Gasteiger partial charge in [0.2, 0.25) is 10.0 Å². The van der Waals surface area contributed by atoms with Gasteiger partial charge in [0.15, 0.2) is 5.76 Å². The third kappa shape index (κ3) is 4.14. The van der Waals surface area contributed by atoms with Crippen LogP contribution in [0.1, 0.15) is 38.6 Å². The van der Waals surface area contributed by atoms with E-state index in [0.29, 0.717) is 0 Å². The molecule has 9 heteroatoms. The van der Waals surface area contributed by atoms with E-state index in [9.17, 15) is 18.0 Å². The van der Waals surface area contributed by atoms with Gasteiger partial charge < -0.3 is 9.63 Å². The lowest BCUT2D eigenvalue weighted by Crippen LogP contribution is -2.43. The molecule has 0 aliphatic heterocycles. The Bertz CT molecular complexity index is 664. The van der Waals surface area contributed by atoms with E-state index in [1.54, 1.807) is 20.8 Å². The summed E-state index contributed by atoms with van der Waals surface area (Å²) in [6.07, 6.45) is -0.443. The number of hydrogen-bond donors (Lipinski definition) is 2. The van der Waals surface area contributed by atoms with Crippen LogP contribution >= 0.6 is 0 Å². The SMILES string of the molecule is Cc1noc(C)c1S(=O)(=O)NC(CC(=O)C(C)(C)C)C(=O)O.